The number of hydrogen-bond donors (Lipinski definition) is 2. The van der Waals surface area contributed by atoms with Gasteiger partial charge < -0.3 is 4.74 Å². The predicted octanol–water partition coefficient (Wildman–Crippen LogP) is 4.09. The maximum absolute atomic E-state index is 13.4. The quantitative estimate of drug-likeness (QED) is 0.541. The number of ether oxygens (including phenoxy) is 1. The molecule has 30 heavy (non-hydrogen) atoms. The van der Waals surface area contributed by atoms with Gasteiger partial charge in [-0.2, -0.15) is 0 Å². The van der Waals surface area contributed by atoms with Crippen molar-refractivity contribution in [2.45, 2.75) is 9.79 Å². The molecule has 0 aliphatic carbocycles. The lowest BCUT2D eigenvalue weighted by molar-refractivity contribution is 0.416. The standard InChI is InChI=1S/C19H16ClFN2O5S2/c1-28-19-10-9-15(30(26,27)22-17-8-3-2-7-16(17)20)12-18(19)23-29(24,25)14-6-4-5-13(21)11-14/h2-12,22-23H,1H3. The van der Waals surface area contributed by atoms with Crippen LogP contribution in [0.1, 0.15) is 0 Å². The van der Waals surface area contributed by atoms with Crippen molar-refractivity contribution in [1.29, 1.82) is 0 Å². The molecule has 7 nitrogen and oxygen atoms in total. The SMILES string of the molecule is COc1ccc(S(=O)(=O)Nc2ccccc2Cl)cc1NS(=O)(=O)c1cccc(F)c1. The molecule has 0 aromatic heterocycles. The number of anilines is 2. The molecule has 3 aromatic carbocycles. The third kappa shape index (κ3) is 4.84. The van der Waals surface area contributed by atoms with Gasteiger partial charge in [0.25, 0.3) is 20.0 Å². The summed E-state index contributed by atoms with van der Waals surface area (Å²) in [6.07, 6.45) is 0. The van der Waals surface area contributed by atoms with E-state index in [9.17, 15) is 21.2 Å². The largest absolute Gasteiger partial charge is 0.495 e. The van der Waals surface area contributed by atoms with E-state index in [1.165, 1.54) is 43.5 Å². The van der Waals surface area contributed by atoms with Crippen LogP contribution in [0, 0.1) is 5.82 Å². The molecular weight excluding hydrogens is 455 g/mol. The van der Waals surface area contributed by atoms with Gasteiger partial charge in [0.05, 0.1) is 33.3 Å². The van der Waals surface area contributed by atoms with Gasteiger partial charge >= 0.3 is 0 Å². The lowest BCUT2D eigenvalue weighted by Crippen LogP contribution is -2.16. The van der Waals surface area contributed by atoms with Crippen molar-refractivity contribution in [2.24, 2.45) is 0 Å². The summed E-state index contributed by atoms with van der Waals surface area (Å²) in [5, 5.41) is 0.196. The smallest absolute Gasteiger partial charge is 0.262 e. The van der Waals surface area contributed by atoms with Crippen molar-refractivity contribution >= 4 is 43.0 Å². The van der Waals surface area contributed by atoms with Crippen LogP contribution in [0.2, 0.25) is 5.02 Å². The number of benzene rings is 3. The molecule has 0 atom stereocenters. The fraction of sp³-hybridized carbons (Fsp3) is 0.0526. The second-order valence-corrected chi connectivity index (χ2v) is 9.78. The van der Waals surface area contributed by atoms with E-state index in [1.54, 1.807) is 12.1 Å². The predicted molar refractivity (Wildman–Crippen MR) is 112 cm³/mol. The molecule has 2 N–H and O–H groups in total. The molecule has 158 valence electrons. The Kier molecular flexibility index (Phi) is 6.20. The molecule has 0 fully saturated rings. The minimum atomic E-state index is -4.20. The molecule has 0 saturated carbocycles. The number of sulfonamides is 2. The van der Waals surface area contributed by atoms with Gasteiger partial charge in [-0.15, -0.1) is 0 Å². The maximum Gasteiger partial charge on any atom is 0.262 e. The summed E-state index contributed by atoms with van der Waals surface area (Å²) in [6.45, 7) is 0. The van der Waals surface area contributed by atoms with Gasteiger partial charge in [-0.05, 0) is 48.5 Å². The van der Waals surface area contributed by atoms with E-state index >= 15 is 0 Å². The molecule has 0 aliphatic heterocycles. The molecule has 11 heteroatoms. The minimum absolute atomic E-state index is 0.0756. The topological polar surface area (TPSA) is 102 Å². The van der Waals surface area contributed by atoms with Crippen LogP contribution in [-0.4, -0.2) is 23.9 Å². The van der Waals surface area contributed by atoms with E-state index in [2.05, 4.69) is 9.44 Å². The number of halogens is 2. The minimum Gasteiger partial charge on any atom is -0.495 e. The number of methoxy groups -OCH3 is 1. The molecular formula is C19H16ClFN2O5S2. The third-order valence-electron chi connectivity index (χ3n) is 3.95. The summed E-state index contributed by atoms with van der Waals surface area (Å²) < 4.78 is 73.8. The number of nitrogens with one attached hydrogen (secondary N) is 2. The van der Waals surface area contributed by atoms with E-state index in [4.69, 9.17) is 16.3 Å². The molecule has 0 unspecified atom stereocenters. The first-order chi connectivity index (χ1) is 14.1. The number of para-hydroxylation sites is 1. The van der Waals surface area contributed by atoms with Crippen molar-refractivity contribution in [3.63, 3.8) is 0 Å². The summed E-state index contributed by atoms with van der Waals surface area (Å²) in [6, 6.07) is 14.3. The monoisotopic (exact) mass is 470 g/mol. The zero-order chi connectivity index (χ0) is 21.9. The number of hydrogen-bond acceptors (Lipinski definition) is 5. The van der Waals surface area contributed by atoms with Gasteiger partial charge in [-0.25, -0.2) is 21.2 Å². The zero-order valence-corrected chi connectivity index (χ0v) is 17.9. The first-order valence-corrected chi connectivity index (χ1v) is 11.7. The molecule has 0 amide bonds. The average molecular weight is 471 g/mol. The lowest BCUT2D eigenvalue weighted by Gasteiger charge is -2.15. The summed E-state index contributed by atoms with van der Waals surface area (Å²) in [5.74, 6) is -0.656. The van der Waals surface area contributed by atoms with Crippen LogP contribution in [-0.2, 0) is 20.0 Å². The van der Waals surface area contributed by atoms with Gasteiger partial charge in [0.1, 0.15) is 11.6 Å². The van der Waals surface area contributed by atoms with Crippen LogP contribution in [0.4, 0.5) is 15.8 Å². The number of rotatable bonds is 7. The van der Waals surface area contributed by atoms with Crippen LogP contribution in [0.5, 0.6) is 5.75 Å². The highest BCUT2D eigenvalue weighted by atomic mass is 35.5. The second kappa shape index (κ2) is 8.50. The highest BCUT2D eigenvalue weighted by Gasteiger charge is 2.21. The zero-order valence-electron chi connectivity index (χ0n) is 15.5. The Morgan fingerprint density at radius 2 is 1.43 bits per heavy atom. The van der Waals surface area contributed by atoms with Crippen LogP contribution in [0.3, 0.4) is 0 Å². The van der Waals surface area contributed by atoms with Crippen LogP contribution < -0.4 is 14.2 Å². The Labute approximate surface area is 178 Å². The van der Waals surface area contributed by atoms with E-state index in [0.717, 1.165) is 18.2 Å². The van der Waals surface area contributed by atoms with Gasteiger partial charge in [0.2, 0.25) is 0 Å². The Morgan fingerprint density at radius 1 is 0.800 bits per heavy atom. The van der Waals surface area contributed by atoms with Gasteiger partial charge in [-0.1, -0.05) is 29.8 Å². The third-order valence-corrected chi connectivity index (χ3v) is 7.01. The fourth-order valence-electron chi connectivity index (χ4n) is 2.52. The van der Waals surface area contributed by atoms with Crippen molar-refractivity contribution < 1.29 is 26.0 Å². The van der Waals surface area contributed by atoms with Crippen LogP contribution >= 0.6 is 11.6 Å². The molecule has 3 rings (SSSR count). The van der Waals surface area contributed by atoms with Crippen molar-refractivity contribution in [3.05, 3.63) is 77.6 Å². The average Bonchev–Trinajstić information content (AvgIpc) is 2.69. The highest BCUT2D eigenvalue weighted by molar-refractivity contribution is 7.93. The molecule has 0 heterocycles. The lowest BCUT2D eigenvalue weighted by atomic mass is 10.3. The summed E-state index contributed by atoms with van der Waals surface area (Å²) in [7, 11) is -7.00. The van der Waals surface area contributed by atoms with E-state index in [-0.39, 0.29) is 31.9 Å². The Hall–Kier alpha value is -2.82. The van der Waals surface area contributed by atoms with Crippen LogP contribution in [0.15, 0.2) is 76.5 Å². The Bertz CT molecular complexity index is 1300. The molecule has 0 saturated heterocycles. The van der Waals surface area contributed by atoms with E-state index in [1.807, 2.05) is 0 Å². The van der Waals surface area contributed by atoms with Crippen molar-refractivity contribution in [2.75, 3.05) is 16.6 Å². The first kappa shape index (κ1) is 21.9. The Balaban J connectivity index is 1.98. The van der Waals surface area contributed by atoms with Crippen LogP contribution in [0.25, 0.3) is 0 Å². The highest BCUT2D eigenvalue weighted by Crippen LogP contribution is 2.31. The normalized spacial score (nSPS) is 11.7. The van der Waals surface area contributed by atoms with Crippen molar-refractivity contribution in [3.8, 4) is 5.75 Å². The van der Waals surface area contributed by atoms with Gasteiger partial charge in [0.15, 0.2) is 0 Å². The Morgan fingerprint density at radius 3 is 2.07 bits per heavy atom. The van der Waals surface area contributed by atoms with Gasteiger partial charge in [-0.3, -0.25) is 9.44 Å². The second-order valence-electron chi connectivity index (χ2n) is 6.01. The van der Waals surface area contributed by atoms with E-state index in [0.29, 0.717) is 0 Å². The molecule has 0 bridgehead atoms. The van der Waals surface area contributed by atoms with Crippen molar-refractivity contribution in [1.82, 2.24) is 0 Å². The fourth-order valence-corrected chi connectivity index (χ4v) is 4.96. The summed E-state index contributed by atoms with van der Waals surface area (Å²) >= 11 is 6.00. The molecule has 3 aromatic rings. The van der Waals surface area contributed by atoms with E-state index < -0.39 is 25.9 Å². The maximum atomic E-state index is 13.4. The summed E-state index contributed by atoms with van der Waals surface area (Å²) in [5.41, 5.74) is 0.0284. The first-order valence-electron chi connectivity index (χ1n) is 8.36. The van der Waals surface area contributed by atoms with Gasteiger partial charge in [0, 0.05) is 0 Å². The molecule has 0 radical (unpaired) electrons. The molecule has 0 aliphatic rings. The summed E-state index contributed by atoms with van der Waals surface area (Å²) in [4.78, 5) is -0.563. The molecule has 0 spiro atoms.